The van der Waals surface area contributed by atoms with Gasteiger partial charge in [0.15, 0.2) is 0 Å². The lowest BCUT2D eigenvalue weighted by molar-refractivity contribution is 0.414. The van der Waals surface area contributed by atoms with E-state index in [9.17, 15) is 4.39 Å². The zero-order valence-corrected chi connectivity index (χ0v) is 13.3. The van der Waals surface area contributed by atoms with E-state index in [-0.39, 0.29) is 18.2 Å². The van der Waals surface area contributed by atoms with Gasteiger partial charge in [0, 0.05) is 17.1 Å². The van der Waals surface area contributed by atoms with Crippen molar-refractivity contribution in [1.29, 1.82) is 0 Å². The van der Waals surface area contributed by atoms with Crippen LogP contribution in [0.2, 0.25) is 5.02 Å². The molecule has 0 spiro atoms. The third-order valence-corrected chi connectivity index (χ3v) is 3.47. The van der Waals surface area contributed by atoms with Crippen molar-refractivity contribution < 1.29 is 9.13 Å². The SMILES string of the molecule is COc1ccc(CCNCc2c(F)cccc2Cl)cc1.Cl. The van der Waals surface area contributed by atoms with Crippen molar-refractivity contribution in [2.45, 2.75) is 13.0 Å². The molecular weight excluding hydrogens is 312 g/mol. The number of rotatable bonds is 6. The van der Waals surface area contributed by atoms with Gasteiger partial charge in [-0.25, -0.2) is 4.39 Å². The molecule has 0 saturated heterocycles. The fourth-order valence-electron chi connectivity index (χ4n) is 1.94. The van der Waals surface area contributed by atoms with Crippen molar-refractivity contribution in [2.24, 2.45) is 0 Å². The summed E-state index contributed by atoms with van der Waals surface area (Å²) in [5, 5.41) is 3.66. The van der Waals surface area contributed by atoms with Gasteiger partial charge < -0.3 is 10.1 Å². The van der Waals surface area contributed by atoms with E-state index in [0.717, 1.165) is 18.7 Å². The molecule has 0 aromatic heterocycles. The van der Waals surface area contributed by atoms with E-state index in [2.05, 4.69) is 5.32 Å². The molecule has 114 valence electrons. The van der Waals surface area contributed by atoms with Crippen LogP contribution in [0.3, 0.4) is 0 Å². The Morgan fingerprint density at radius 2 is 1.86 bits per heavy atom. The zero-order valence-electron chi connectivity index (χ0n) is 11.7. The Hall–Kier alpha value is -1.29. The summed E-state index contributed by atoms with van der Waals surface area (Å²) in [5.74, 6) is 0.578. The molecule has 21 heavy (non-hydrogen) atoms. The van der Waals surface area contributed by atoms with Crippen molar-refractivity contribution in [2.75, 3.05) is 13.7 Å². The highest BCUT2D eigenvalue weighted by molar-refractivity contribution is 6.31. The minimum Gasteiger partial charge on any atom is -0.497 e. The maximum absolute atomic E-state index is 13.5. The highest BCUT2D eigenvalue weighted by Gasteiger charge is 2.05. The topological polar surface area (TPSA) is 21.3 Å². The molecular formula is C16H18Cl2FNO. The molecule has 0 aliphatic carbocycles. The van der Waals surface area contributed by atoms with Crippen LogP contribution in [0.15, 0.2) is 42.5 Å². The second-order valence-electron chi connectivity index (χ2n) is 4.48. The fraction of sp³-hybridized carbons (Fsp3) is 0.250. The molecule has 0 aliphatic rings. The van der Waals surface area contributed by atoms with Crippen molar-refractivity contribution in [3.05, 3.63) is 64.4 Å². The smallest absolute Gasteiger partial charge is 0.129 e. The van der Waals surface area contributed by atoms with Gasteiger partial charge in [0.25, 0.3) is 0 Å². The summed E-state index contributed by atoms with van der Waals surface area (Å²) in [6, 6.07) is 12.6. The van der Waals surface area contributed by atoms with E-state index in [4.69, 9.17) is 16.3 Å². The Labute approximate surface area is 135 Å². The quantitative estimate of drug-likeness (QED) is 0.800. The van der Waals surface area contributed by atoms with Crippen molar-refractivity contribution >= 4 is 24.0 Å². The number of benzene rings is 2. The molecule has 2 nitrogen and oxygen atoms in total. The average molecular weight is 330 g/mol. The van der Waals surface area contributed by atoms with Crippen LogP contribution in [-0.2, 0) is 13.0 Å². The molecule has 0 aliphatic heterocycles. The number of hydrogen-bond donors (Lipinski definition) is 1. The number of halogens is 3. The second kappa shape index (κ2) is 8.88. The van der Waals surface area contributed by atoms with Crippen LogP contribution in [0.1, 0.15) is 11.1 Å². The molecule has 0 bridgehead atoms. The molecule has 0 fully saturated rings. The molecule has 0 heterocycles. The highest BCUT2D eigenvalue weighted by atomic mass is 35.5. The monoisotopic (exact) mass is 329 g/mol. The van der Waals surface area contributed by atoms with Crippen LogP contribution < -0.4 is 10.1 Å². The maximum atomic E-state index is 13.5. The molecule has 5 heteroatoms. The van der Waals surface area contributed by atoms with Crippen LogP contribution in [0.5, 0.6) is 5.75 Å². The molecule has 0 unspecified atom stereocenters. The zero-order chi connectivity index (χ0) is 14.4. The Kier molecular flexibility index (Phi) is 7.51. The van der Waals surface area contributed by atoms with E-state index in [1.165, 1.54) is 11.6 Å². The van der Waals surface area contributed by atoms with E-state index in [1.807, 2.05) is 24.3 Å². The summed E-state index contributed by atoms with van der Waals surface area (Å²) in [5.41, 5.74) is 1.72. The van der Waals surface area contributed by atoms with Crippen LogP contribution in [0.4, 0.5) is 4.39 Å². The van der Waals surface area contributed by atoms with Gasteiger partial charge in [0.1, 0.15) is 11.6 Å². The lowest BCUT2D eigenvalue weighted by Gasteiger charge is -2.08. The first-order valence-corrected chi connectivity index (χ1v) is 6.85. The van der Waals surface area contributed by atoms with Crippen LogP contribution in [0.25, 0.3) is 0 Å². The minimum atomic E-state index is -0.269. The lowest BCUT2D eigenvalue weighted by Crippen LogP contribution is -2.17. The van der Waals surface area contributed by atoms with Gasteiger partial charge in [-0.2, -0.15) is 0 Å². The summed E-state index contributed by atoms with van der Waals surface area (Å²) in [4.78, 5) is 0. The Morgan fingerprint density at radius 3 is 2.48 bits per heavy atom. The van der Waals surface area contributed by atoms with Crippen molar-refractivity contribution in [3.8, 4) is 5.75 Å². The van der Waals surface area contributed by atoms with Crippen molar-refractivity contribution in [1.82, 2.24) is 5.32 Å². The third kappa shape index (κ3) is 5.20. The van der Waals surface area contributed by atoms with Crippen LogP contribution in [0, 0.1) is 5.82 Å². The molecule has 2 aromatic rings. The Morgan fingerprint density at radius 1 is 1.14 bits per heavy atom. The third-order valence-electron chi connectivity index (χ3n) is 3.11. The standard InChI is InChI=1S/C16H17ClFNO.ClH/c1-20-13-7-5-12(6-8-13)9-10-19-11-14-15(17)3-2-4-16(14)18;/h2-8,19H,9-11H2,1H3;1H. The van der Waals surface area contributed by atoms with Crippen LogP contribution >= 0.6 is 24.0 Å². The molecule has 0 atom stereocenters. The van der Waals surface area contributed by atoms with Gasteiger partial charge in [-0.3, -0.25) is 0 Å². The molecule has 0 radical (unpaired) electrons. The number of methoxy groups -OCH3 is 1. The predicted octanol–water partition coefficient (Wildman–Crippen LogP) is 4.24. The van der Waals surface area contributed by atoms with Gasteiger partial charge in [-0.15, -0.1) is 12.4 Å². The van der Waals surface area contributed by atoms with Crippen molar-refractivity contribution in [3.63, 3.8) is 0 Å². The van der Waals surface area contributed by atoms with E-state index >= 15 is 0 Å². The molecule has 2 rings (SSSR count). The summed E-state index contributed by atoms with van der Waals surface area (Å²) in [6.07, 6.45) is 0.871. The predicted molar refractivity (Wildman–Crippen MR) is 87.1 cm³/mol. The highest BCUT2D eigenvalue weighted by Crippen LogP contribution is 2.18. The van der Waals surface area contributed by atoms with Gasteiger partial charge in [-0.05, 0) is 42.8 Å². The summed E-state index contributed by atoms with van der Waals surface area (Å²) in [7, 11) is 1.65. The Balaban J connectivity index is 0.00000220. The first-order valence-electron chi connectivity index (χ1n) is 6.47. The lowest BCUT2D eigenvalue weighted by atomic mass is 10.1. The normalized spacial score (nSPS) is 10.0. The summed E-state index contributed by atoms with van der Waals surface area (Å²) >= 11 is 5.96. The fourth-order valence-corrected chi connectivity index (χ4v) is 2.17. The molecule has 0 saturated carbocycles. The summed E-state index contributed by atoms with van der Waals surface area (Å²) in [6.45, 7) is 1.19. The number of ether oxygens (including phenoxy) is 1. The number of nitrogens with one attached hydrogen (secondary N) is 1. The van der Waals surface area contributed by atoms with E-state index in [1.54, 1.807) is 19.2 Å². The Bertz CT molecular complexity index is 540. The van der Waals surface area contributed by atoms with Gasteiger partial charge in [-0.1, -0.05) is 29.8 Å². The summed E-state index contributed by atoms with van der Waals surface area (Å²) < 4.78 is 18.7. The first-order chi connectivity index (χ1) is 9.70. The molecule has 2 aromatic carbocycles. The van der Waals surface area contributed by atoms with Gasteiger partial charge >= 0.3 is 0 Å². The van der Waals surface area contributed by atoms with Gasteiger partial charge in [0.05, 0.1) is 7.11 Å². The minimum absolute atomic E-state index is 0. The maximum Gasteiger partial charge on any atom is 0.129 e. The van der Waals surface area contributed by atoms with E-state index in [0.29, 0.717) is 17.1 Å². The average Bonchev–Trinajstić information content (AvgIpc) is 2.46. The molecule has 0 amide bonds. The largest absolute Gasteiger partial charge is 0.497 e. The first kappa shape index (κ1) is 17.8. The van der Waals surface area contributed by atoms with Gasteiger partial charge in [0.2, 0.25) is 0 Å². The van der Waals surface area contributed by atoms with E-state index < -0.39 is 0 Å². The number of hydrogen-bond acceptors (Lipinski definition) is 2. The molecule has 1 N–H and O–H groups in total. The second-order valence-corrected chi connectivity index (χ2v) is 4.88. The van der Waals surface area contributed by atoms with Crippen LogP contribution in [-0.4, -0.2) is 13.7 Å².